The Morgan fingerprint density at radius 3 is 1.94 bits per heavy atom. The molecule has 4 rings (SSSR count). The van der Waals surface area contributed by atoms with Crippen LogP contribution in [0.4, 0.5) is 4.79 Å². The first-order valence-corrected chi connectivity index (χ1v) is 11.3. The summed E-state index contributed by atoms with van der Waals surface area (Å²) in [6.45, 7) is 6.35. The lowest BCUT2D eigenvalue weighted by Gasteiger charge is -2.27. The van der Waals surface area contributed by atoms with E-state index in [0.717, 1.165) is 34.0 Å². The van der Waals surface area contributed by atoms with Crippen molar-refractivity contribution >= 4 is 17.7 Å². The minimum atomic E-state index is -1.14. The predicted octanol–water partition coefficient (Wildman–Crippen LogP) is 4.08. The van der Waals surface area contributed by atoms with Crippen LogP contribution >= 0.6 is 0 Å². The minimum Gasteiger partial charge on any atom is -0.349 e. The molecule has 1 fully saturated rings. The second-order valence-electron chi connectivity index (χ2n) is 8.68. The van der Waals surface area contributed by atoms with Gasteiger partial charge in [-0.1, -0.05) is 60.7 Å². The van der Waals surface area contributed by atoms with Crippen LogP contribution in [0.2, 0.25) is 0 Å². The van der Waals surface area contributed by atoms with Crippen LogP contribution in [0.3, 0.4) is 0 Å². The highest BCUT2D eigenvalue weighted by Gasteiger charge is 2.51. The molecule has 0 aliphatic carbocycles. The first kappa shape index (κ1) is 22.5. The van der Waals surface area contributed by atoms with Crippen LogP contribution < -0.4 is 5.32 Å². The summed E-state index contributed by atoms with van der Waals surface area (Å²) in [4.78, 5) is 40.9. The molecule has 0 bridgehead atoms. The molecular formula is C27H29N3O3. The Balaban J connectivity index is 1.64. The second-order valence-corrected chi connectivity index (χ2v) is 8.68. The van der Waals surface area contributed by atoms with Gasteiger partial charge in [-0.3, -0.25) is 14.5 Å². The van der Waals surface area contributed by atoms with Gasteiger partial charge in [-0.2, -0.15) is 0 Å². The number of carbonyl (C=O) groups excluding carboxylic acids is 3. The van der Waals surface area contributed by atoms with Crippen molar-refractivity contribution < 1.29 is 14.4 Å². The van der Waals surface area contributed by atoms with E-state index in [1.165, 1.54) is 0 Å². The lowest BCUT2D eigenvalue weighted by Crippen LogP contribution is -2.51. The summed E-state index contributed by atoms with van der Waals surface area (Å²) in [5.74, 6) is -0.598. The molecule has 0 spiro atoms. The van der Waals surface area contributed by atoms with Crippen LogP contribution in [-0.4, -0.2) is 39.3 Å². The van der Waals surface area contributed by atoms with Gasteiger partial charge < -0.3 is 9.88 Å². The van der Waals surface area contributed by atoms with Crippen molar-refractivity contribution in [2.45, 2.75) is 45.7 Å². The van der Waals surface area contributed by atoms with Crippen LogP contribution in [0.25, 0.3) is 0 Å². The van der Waals surface area contributed by atoms with Crippen molar-refractivity contribution in [1.29, 1.82) is 0 Å². The molecule has 1 aromatic heterocycles. The fourth-order valence-corrected chi connectivity index (χ4v) is 4.81. The third-order valence-electron chi connectivity index (χ3n) is 6.44. The van der Waals surface area contributed by atoms with Crippen molar-refractivity contribution in [2.24, 2.45) is 0 Å². The van der Waals surface area contributed by atoms with E-state index >= 15 is 0 Å². The van der Waals surface area contributed by atoms with Crippen molar-refractivity contribution in [3.8, 4) is 0 Å². The number of aromatic nitrogens is 1. The molecule has 2 heterocycles. The maximum atomic E-state index is 13.7. The number of hydrogen-bond donors (Lipinski definition) is 1. The van der Waals surface area contributed by atoms with E-state index in [1.54, 1.807) is 0 Å². The highest BCUT2D eigenvalue weighted by atomic mass is 16.2. The number of urea groups is 1. The summed E-state index contributed by atoms with van der Waals surface area (Å²) in [6, 6.07) is 20.6. The summed E-state index contributed by atoms with van der Waals surface area (Å²) in [5, 5.41) is 2.94. The monoisotopic (exact) mass is 443 g/mol. The van der Waals surface area contributed by atoms with Crippen LogP contribution in [0.15, 0.2) is 66.7 Å². The molecular weight excluding hydrogens is 414 g/mol. The first-order valence-electron chi connectivity index (χ1n) is 11.3. The predicted molar refractivity (Wildman–Crippen MR) is 127 cm³/mol. The number of ketones is 1. The van der Waals surface area contributed by atoms with E-state index in [4.69, 9.17) is 0 Å². The highest BCUT2D eigenvalue weighted by Crippen LogP contribution is 2.28. The number of benzene rings is 2. The van der Waals surface area contributed by atoms with Crippen LogP contribution in [0, 0.1) is 13.8 Å². The molecule has 170 valence electrons. The maximum absolute atomic E-state index is 13.7. The molecule has 0 atom stereocenters. The van der Waals surface area contributed by atoms with Crippen LogP contribution in [0.5, 0.6) is 0 Å². The molecule has 3 aromatic rings. The molecule has 0 saturated carbocycles. The number of Topliss-reactive ketones (excluding diaryl/α,β-unsaturated/α-hetero) is 1. The molecule has 1 aliphatic rings. The van der Waals surface area contributed by atoms with Gasteiger partial charge in [0.05, 0.1) is 6.54 Å². The van der Waals surface area contributed by atoms with Gasteiger partial charge in [0.15, 0.2) is 5.78 Å². The van der Waals surface area contributed by atoms with E-state index in [1.807, 2.05) is 92.1 Å². The van der Waals surface area contributed by atoms with E-state index in [-0.39, 0.29) is 18.2 Å². The Morgan fingerprint density at radius 1 is 0.909 bits per heavy atom. The molecule has 1 saturated heterocycles. The average Bonchev–Trinajstić information content (AvgIpc) is 3.22. The third kappa shape index (κ3) is 4.33. The zero-order valence-corrected chi connectivity index (χ0v) is 19.3. The largest absolute Gasteiger partial charge is 0.349 e. The zero-order chi connectivity index (χ0) is 23.6. The van der Waals surface area contributed by atoms with Crippen molar-refractivity contribution in [3.63, 3.8) is 0 Å². The third-order valence-corrected chi connectivity index (χ3v) is 6.44. The van der Waals surface area contributed by atoms with Crippen LogP contribution in [-0.2, 0) is 24.2 Å². The van der Waals surface area contributed by atoms with Gasteiger partial charge in [-0.05, 0) is 38.0 Å². The van der Waals surface area contributed by atoms with Crippen molar-refractivity contribution in [3.05, 3.63) is 94.8 Å². The summed E-state index contributed by atoms with van der Waals surface area (Å²) in [5.41, 5.74) is 3.15. The molecule has 2 aromatic carbocycles. The Labute approximate surface area is 194 Å². The summed E-state index contributed by atoms with van der Waals surface area (Å²) < 4.78 is 2.05. The second kappa shape index (κ2) is 9.06. The number of aryl methyl sites for hydroxylation is 1. The SMILES string of the molecule is CCn1c(C)cc(C(=O)CN2C(=O)NC(Cc3ccccc3)(Cc3ccccc3)C2=O)c1C. The van der Waals surface area contributed by atoms with Gasteiger partial charge in [0.25, 0.3) is 5.91 Å². The maximum Gasteiger partial charge on any atom is 0.325 e. The number of hydrogen-bond acceptors (Lipinski definition) is 3. The fourth-order valence-electron chi connectivity index (χ4n) is 4.81. The Hall–Kier alpha value is -3.67. The lowest BCUT2D eigenvalue weighted by molar-refractivity contribution is -0.131. The van der Waals surface area contributed by atoms with Gasteiger partial charge in [0.2, 0.25) is 0 Å². The number of rotatable bonds is 8. The molecule has 33 heavy (non-hydrogen) atoms. The molecule has 0 unspecified atom stereocenters. The van der Waals surface area contributed by atoms with Gasteiger partial charge in [0.1, 0.15) is 5.54 Å². The van der Waals surface area contributed by atoms with E-state index in [0.29, 0.717) is 18.4 Å². The lowest BCUT2D eigenvalue weighted by atomic mass is 9.84. The number of imide groups is 1. The molecule has 6 nitrogen and oxygen atoms in total. The number of nitrogens with one attached hydrogen (secondary N) is 1. The van der Waals surface area contributed by atoms with Gasteiger partial charge in [0, 0.05) is 36.3 Å². The van der Waals surface area contributed by atoms with E-state index < -0.39 is 11.6 Å². The molecule has 0 radical (unpaired) electrons. The Bertz CT molecular complexity index is 1140. The summed E-state index contributed by atoms with van der Waals surface area (Å²) >= 11 is 0. The van der Waals surface area contributed by atoms with Gasteiger partial charge in [-0.25, -0.2) is 4.79 Å². The molecule has 1 aliphatic heterocycles. The minimum absolute atomic E-state index is 0.235. The number of carbonyl (C=O) groups is 3. The van der Waals surface area contributed by atoms with E-state index in [2.05, 4.69) is 5.32 Å². The molecule has 1 N–H and O–H groups in total. The Morgan fingerprint density at radius 2 is 1.45 bits per heavy atom. The zero-order valence-electron chi connectivity index (χ0n) is 19.3. The number of nitrogens with zero attached hydrogens (tertiary/aromatic N) is 2. The Kier molecular flexibility index (Phi) is 6.18. The first-order chi connectivity index (χ1) is 15.8. The van der Waals surface area contributed by atoms with Crippen molar-refractivity contribution in [2.75, 3.05) is 6.54 Å². The molecule has 3 amide bonds. The quantitative estimate of drug-likeness (QED) is 0.421. The van der Waals surface area contributed by atoms with Crippen LogP contribution in [0.1, 0.15) is 39.8 Å². The number of amides is 3. The van der Waals surface area contributed by atoms with Gasteiger partial charge in [-0.15, -0.1) is 0 Å². The topological polar surface area (TPSA) is 71.4 Å². The summed E-state index contributed by atoms with van der Waals surface area (Å²) in [7, 11) is 0. The molecule has 6 heteroatoms. The normalized spacial score (nSPS) is 15.1. The average molecular weight is 444 g/mol. The standard InChI is InChI=1S/C27H29N3O3/c1-4-29-19(2)15-23(20(29)3)24(31)18-30-25(32)27(28-26(30)33,16-21-11-7-5-8-12-21)17-22-13-9-6-10-14-22/h5-15H,4,16-18H2,1-3H3,(H,28,33). The summed E-state index contributed by atoms with van der Waals surface area (Å²) in [6.07, 6.45) is 0.699. The van der Waals surface area contributed by atoms with Gasteiger partial charge >= 0.3 is 6.03 Å². The van der Waals surface area contributed by atoms with Crippen molar-refractivity contribution in [1.82, 2.24) is 14.8 Å². The highest BCUT2D eigenvalue weighted by molar-refractivity contribution is 6.11. The fraction of sp³-hybridized carbons (Fsp3) is 0.296. The van der Waals surface area contributed by atoms with E-state index in [9.17, 15) is 14.4 Å². The smallest absolute Gasteiger partial charge is 0.325 e.